The summed E-state index contributed by atoms with van der Waals surface area (Å²) in [5.74, 6) is 5.50. The van der Waals surface area contributed by atoms with Crippen LogP contribution in [-0.2, 0) is 0 Å². The van der Waals surface area contributed by atoms with Crippen molar-refractivity contribution in [2.75, 3.05) is 5.84 Å². The molecule has 7 heteroatoms. The Morgan fingerprint density at radius 1 is 1.69 bits per heavy atom. The lowest BCUT2D eigenvalue weighted by Gasteiger charge is -1.95. The van der Waals surface area contributed by atoms with Crippen molar-refractivity contribution in [3.63, 3.8) is 0 Å². The normalized spacial score (nSPS) is 10.5. The van der Waals surface area contributed by atoms with E-state index < -0.39 is 0 Å². The van der Waals surface area contributed by atoms with Crippen LogP contribution in [0.4, 0.5) is 4.39 Å². The van der Waals surface area contributed by atoms with Gasteiger partial charge in [0.15, 0.2) is 5.82 Å². The van der Waals surface area contributed by atoms with Crippen molar-refractivity contribution in [3.8, 4) is 10.7 Å². The Morgan fingerprint density at radius 3 is 2.92 bits per heavy atom. The van der Waals surface area contributed by atoms with Gasteiger partial charge in [-0.2, -0.15) is 5.10 Å². The van der Waals surface area contributed by atoms with Crippen LogP contribution in [0.25, 0.3) is 10.7 Å². The third-order valence-corrected chi connectivity index (χ3v) is 2.70. The fraction of sp³-hybridized carbons (Fsp3) is 0. The van der Waals surface area contributed by atoms with Gasteiger partial charge >= 0.3 is 0 Å². The van der Waals surface area contributed by atoms with Crippen molar-refractivity contribution in [3.05, 3.63) is 22.0 Å². The fourth-order valence-electron chi connectivity index (χ4n) is 0.918. The zero-order chi connectivity index (χ0) is 9.42. The van der Waals surface area contributed by atoms with Crippen LogP contribution >= 0.6 is 23.6 Å². The molecule has 68 valence electrons. The summed E-state index contributed by atoms with van der Waals surface area (Å²) in [5.41, 5.74) is 0. The summed E-state index contributed by atoms with van der Waals surface area (Å²) in [7, 11) is 0. The highest BCUT2D eigenvalue weighted by Crippen LogP contribution is 2.25. The van der Waals surface area contributed by atoms with E-state index in [0.717, 1.165) is 4.68 Å². The number of thiophene rings is 1. The first-order chi connectivity index (χ1) is 6.20. The van der Waals surface area contributed by atoms with Crippen molar-refractivity contribution in [1.82, 2.24) is 14.9 Å². The van der Waals surface area contributed by atoms with Gasteiger partial charge in [0.1, 0.15) is 10.7 Å². The lowest BCUT2D eigenvalue weighted by Crippen LogP contribution is -2.09. The predicted molar refractivity (Wildman–Crippen MR) is 50.8 cm³/mol. The smallest absolute Gasteiger partial charge is 0.214 e. The van der Waals surface area contributed by atoms with E-state index in [9.17, 15) is 4.39 Å². The molecule has 0 unspecified atom stereocenters. The van der Waals surface area contributed by atoms with Gasteiger partial charge in [0.05, 0.1) is 0 Å². The van der Waals surface area contributed by atoms with Crippen LogP contribution in [0.5, 0.6) is 0 Å². The van der Waals surface area contributed by atoms with Crippen LogP contribution in [0, 0.1) is 10.6 Å². The van der Waals surface area contributed by atoms with Crippen LogP contribution < -0.4 is 5.84 Å². The third-order valence-electron chi connectivity index (χ3n) is 1.52. The monoisotopic (exact) mass is 216 g/mol. The van der Waals surface area contributed by atoms with Gasteiger partial charge in [-0.3, -0.25) is 0 Å². The number of H-pyrrole nitrogens is 1. The summed E-state index contributed by atoms with van der Waals surface area (Å²) in [6.07, 6.45) is 0. The van der Waals surface area contributed by atoms with Crippen molar-refractivity contribution in [1.29, 1.82) is 0 Å². The standard InChI is InChI=1S/C6H5FN4S2/c7-3-1-2-13-4(3)5-9-10-6(12)11(5)8/h1-2H,8H2,(H,10,12). The number of rotatable bonds is 1. The zero-order valence-electron chi connectivity index (χ0n) is 6.32. The van der Waals surface area contributed by atoms with Gasteiger partial charge in [0.25, 0.3) is 0 Å². The van der Waals surface area contributed by atoms with Crippen molar-refractivity contribution >= 4 is 23.6 Å². The summed E-state index contributed by atoms with van der Waals surface area (Å²) in [6.45, 7) is 0. The van der Waals surface area contributed by atoms with E-state index in [1.54, 1.807) is 5.38 Å². The summed E-state index contributed by atoms with van der Waals surface area (Å²) >= 11 is 6.02. The molecule has 2 rings (SSSR count). The molecule has 0 spiro atoms. The molecule has 0 aromatic carbocycles. The minimum atomic E-state index is -0.342. The first-order valence-corrected chi connectivity index (χ1v) is 4.65. The second kappa shape index (κ2) is 2.93. The molecule has 0 saturated heterocycles. The lowest BCUT2D eigenvalue weighted by atomic mass is 10.4. The minimum Gasteiger partial charge on any atom is -0.335 e. The van der Waals surface area contributed by atoms with E-state index in [1.165, 1.54) is 17.4 Å². The van der Waals surface area contributed by atoms with E-state index in [0.29, 0.717) is 10.7 Å². The average Bonchev–Trinajstić information content (AvgIpc) is 2.62. The largest absolute Gasteiger partial charge is 0.335 e. The van der Waals surface area contributed by atoms with Crippen LogP contribution in [0.15, 0.2) is 11.4 Å². The highest BCUT2D eigenvalue weighted by molar-refractivity contribution is 7.71. The Labute approximate surface area is 81.8 Å². The maximum absolute atomic E-state index is 13.1. The molecule has 0 atom stereocenters. The summed E-state index contributed by atoms with van der Waals surface area (Å²) < 4.78 is 14.5. The first kappa shape index (κ1) is 8.39. The summed E-state index contributed by atoms with van der Waals surface area (Å²) in [6, 6.07) is 1.36. The maximum atomic E-state index is 13.1. The molecule has 3 N–H and O–H groups in total. The van der Waals surface area contributed by atoms with E-state index in [-0.39, 0.29) is 10.6 Å². The van der Waals surface area contributed by atoms with E-state index in [2.05, 4.69) is 10.2 Å². The Bertz CT molecular complexity index is 483. The molecule has 2 heterocycles. The molecule has 13 heavy (non-hydrogen) atoms. The third kappa shape index (κ3) is 1.25. The molecular weight excluding hydrogens is 211 g/mol. The number of nitrogen functional groups attached to an aromatic ring is 1. The predicted octanol–water partition coefficient (Wildman–Crippen LogP) is 1.52. The molecule has 2 aromatic heterocycles. The number of aromatic nitrogens is 3. The second-order valence-corrected chi connectivity index (χ2v) is 3.62. The number of halogens is 1. The SMILES string of the molecule is Nn1c(-c2sccc2F)n[nH]c1=S. The molecule has 2 aromatic rings. The minimum absolute atomic E-state index is 0.266. The van der Waals surface area contributed by atoms with Gasteiger partial charge in [-0.15, -0.1) is 11.3 Å². The molecule has 0 aliphatic rings. The molecule has 0 amide bonds. The van der Waals surface area contributed by atoms with E-state index in [1.807, 2.05) is 0 Å². The van der Waals surface area contributed by atoms with Gasteiger partial charge in [0, 0.05) is 0 Å². The lowest BCUT2D eigenvalue weighted by molar-refractivity contribution is 0.634. The van der Waals surface area contributed by atoms with Crippen LogP contribution in [-0.4, -0.2) is 14.9 Å². The molecule has 0 aliphatic heterocycles. The average molecular weight is 216 g/mol. The Hall–Kier alpha value is -1.21. The Balaban J connectivity index is 2.65. The van der Waals surface area contributed by atoms with Gasteiger partial charge < -0.3 is 5.84 Å². The summed E-state index contributed by atoms with van der Waals surface area (Å²) in [5, 5.41) is 7.92. The van der Waals surface area contributed by atoms with Gasteiger partial charge in [-0.05, 0) is 23.7 Å². The highest BCUT2D eigenvalue weighted by atomic mass is 32.1. The van der Waals surface area contributed by atoms with Crippen LogP contribution in [0.1, 0.15) is 0 Å². The van der Waals surface area contributed by atoms with Crippen LogP contribution in [0.3, 0.4) is 0 Å². The Morgan fingerprint density at radius 2 is 2.46 bits per heavy atom. The second-order valence-electron chi connectivity index (χ2n) is 2.32. The van der Waals surface area contributed by atoms with Gasteiger partial charge in [-0.25, -0.2) is 14.2 Å². The fourth-order valence-corrected chi connectivity index (χ4v) is 1.80. The number of nitrogens with zero attached hydrogens (tertiary/aromatic N) is 2. The molecular formula is C6H5FN4S2. The Kier molecular flexibility index (Phi) is 1.89. The number of nitrogens with one attached hydrogen (secondary N) is 1. The zero-order valence-corrected chi connectivity index (χ0v) is 7.95. The quantitative estimate of drug-likeness (QED) is 0.561. The van der Waals surface area contributed by atoms with Crippen molar-refractivity contribution in [2.24, 2.45) is 0 Å². The molecule has 4 nitrogen and oxygen atoms in total. The molecule has 0 aliphatic carbocycles. The van der Waals surface area contributed by atoms with Gasteiger partial charge in [-0.1, -0.05) is 0 Å². The molecule has 0 fully saturated rings. The van der Waals surface area contributed by atoms with E-state index >= 15 is 0 Å². The van der Waals surface area contributed by atoms with Crippen molar-refractivity contribution in [2.45, 2.75) is 0 Å². The summed E-state index contributed by atoms with van der Waals surface area (Å²) in [4.78, 5) is 0.384. The topological polar surface area (TPSA) is 59.6 Å². The number of hydrogen-bond donors (Lipinski definition) is 2. The molecule has 0 saturated carbocycles. The van der Waals surface area contributed by atoms with Crippen LogP contribution in [0.2, 0.25) is 0 Å². The van der Waals surface area contributed by atoms with Crippen molar-refractivity contribution < 1.29 is 4.39 Å². The number of nitrogens with two attached hydrogens (primary N) is 1. The number of hydrogen-bond acceptors (Lipinski definition) is 4. The van der Waals surface area contributed by atoms with E-state index in [4.69, 9.17) is 18.1 Å². The van der Waals surface area contributed by atoms with Gasteiger partial charge in [0.2, 0.25) is 4.77 Å². The molecule has 0 radical (unpaired) electrons. The molecule has 0 bridgehead atoms. The number of aromatic amines is 1. The maximum Gasteiger partial charge on any atom is 0.214 e. The highest BCUT2D eigenvalue weighted by Gasteiger charge is 2.12. The first-order valence-electron chi connectivity index (χ1n) is 3.36.